The Morgan fingerprint density at radius 1 is 0.556 bits per heavy atom. The number of benzene rings is 7. The van der Waals surface area contributed by atoms with Crippen LogP contribution in [0.5, 0.6) is 0 Å². The molecule has 0 atom stereocenters. The van der Waals surface area contributed by atoms with Gasteiger partial charge in [-0.3, -0.25) is 4.99 Å². The van der Waals surface area contributed by atoms with E-state index in [2.05, 4.69) is 229 Å². The molecule has 7 aromatic rings. The van der Waals surface area contributed by atoms with E-state index in [0.717, 1.165) is 41.2 Å². The number of rotatable bonds is 9. The summed E-state index contributed by atoms with van der Waals surface area (Å²) < 4.78 is 0. The molecular weight excluding hydrogens is 761 g/mol. The number of aliphatic imine (C=N–C) groups is 1. The third-order valence-electron chi connectivity index (χ3n) is 13.9. The van der Waals surface area contributed by atoms with E-state index in [9.17, 15) is 0 Å². The van der Waals surface area contributed by atoms with E-state index in [1.807, 2.05) is 0 Å². The molecule has 2 heteroatoms. The van der Waals surface area contributed by atoms with Crippen LogP contribution in [0, 0.1) is 13.8 Å². The Kier molecular flexibility index (Phi) is 10.1. The SMILES string of the molecule is C/C=C\C(=N/Cc1ccc2c(c1)C(C)(C)c1cc(C3=CC=CCC3)ccc1-2)c1ccc2c(c1)C(C)(C)c1cc(-c3ccc(N(c4ccc(C)cc4)c4ccc(C)cc4)cc3)ccc1-2. The standard InChI is InChI=1S/C61H56N2/c1-8-12-59(62-39-42-19-31-51-52-32-22-45(43-13-10-9-11-14-43)36-56(52)60(4,5)55(51)35-42)47-24-34-54-53-33-23-46(37-57(53)61(6,7)58(54)38-47)44-20-29-50(30-21-44)63(48-25-15-40(2)16-26-48)49-27-17-41(3)18-28-49/h8-10,12-13,15-38H,11,14,39H2,1-7H3/b12-8-,62-59+. The van der Waals surface area contributed by atoms with E-state index in [0.29, 0.717) is 6.54 Å². The molecular formula is C61H56N2. The number of nitrogens with zero attached hydrogens (tertiary/aromatic N) is 2. The summed E-state index contributed by atoms with van der Waals surface area (Å²) >= 11 is 0. The molecule has 0 amide bonds. The third-order valence-corrected chi connectivity index (χ3v) is 13.9. The summed E-state index contributed by atoms with van der Waals surface area (Å²) in [6, 6.07) is 54.7. The van der Waals surface area contributed by atoms with Gasteiger partial charge in [0.15, 0.2) is 0 Å². The highest BCUT2D eigenvalue weighted by molar-refractivity contribution is 6.09. The zero-order valence-electron chi connectivity index (χ0n) is 37.8. The van der Waals surface area contributed by atoms with E-state index in [4.69, 9.17) is 4.99 Å². The van der Waals surface area contributed by atoms with Gasteiger partial charge in [-0.15, -0.1) is 0 Å². The minimum Gasteiger partial charge on any atom is -0.311 e. The molecule has 0 saturated carbocycles. The fourth-order valence-electron chi connectivity index (χ4n) is 10.2. The normalized spacial score (nSPS) is 15.5. The Bertz CT molecular complexity index is 2980. The molecule has 3 aliphatic carbocycles. The molecule has 2 nitrogen and oxygen atoms in total. The maximum Gasteiger partial charge on any atom is 0.0647 e. The Morgan fingerprint density at radius 2 is 1.05 bits per heavy atom. The summed E-state index contributed by atoms with van der Waals surface area (Å²) in [5.74, 6) is 0. The van der Waals surface area contributed by atoms with Crippen molar-refractivity contribution in [3.63, 3.8) is 0 Å². The Balaban J connectivity index is 0.908. The molecule has 7 aromatic carbocycles. The molecule has 0 radical (unpaired) electrons. The first-order chi connectivity index (χ1) is 30.5. The predicted molar refractivity (Wildman–Crippen MR) is 269 cm³/mol. The lowest BCUT2D eigenvalue weighted by Crippen LogP contribution is -2.16. The summed E-state index contributed by atoms with van der Waals surface area (Å²) in [6.45, 7) is 16.5. The highest BCUT2D eigenvalue weighted by Crippen LogP contribution is 2.51. The van der Waals surface area contributed by atoms with Gasteiger partial charge >= 0.3 is 0 Å². The molecule has 0 heterocycles. The molecule has 0 aromatic heterocycles. The Hall–Kier alpha value is -6.77. The lowest BCUT2D eigenvalue weighted by molar-refractivity contribution is 0.659. The Labute approximate surface area is 374 Å². The van der Waals surface area contributed by atoms with Crippen molar-refractivity contribution in [2.45, 2.75) is 78.7 Å². The van der Waals surface area contributed by atoms with Gasteiger partial charge in [-0.05, 0) is 172 Å². The van der Waals surface area contributed by atoms with Gasteiger partial charge in [-0.1, -0.05) is 154 Å². The van der Waals surface area contributed by atoms with Crippen LogP contribution in [0.1, 0.15) is 97.5 Å². The minimum atomic E-state index is -0.171. The van der Waals surface area contributed by atoms with Crippen LogP contribution in [0.3, 0.4) is 0 Å². The smallest absolute Gasteiger partial charge is 0.0647 e. The molecule has 63 heavy (non-hydrogen) atoms. The van der Waals surface area contributed by atoms with Gasteiger partial charge in [0.2, 0.25) is 0 Å². The second-order valence-corrected chi connectivity index (χ2v) is 18.8. The van der Waals surface area contributed by atoms with Crippen molar-refractivity contribution in [1.29, 1.82) is 0 Å². The largest absolute Gasteiger partial charge is 0.311 e. The van der Waals surface area contributed by atoms with E-state index >= 15 is 0 Å². The topological polar surface area (TPSA) is 15.6 Å². The minimum absolute atomic E-state index is 0.0773. The van der Waals surface area contributed by atoms with Gasteiger partial charge in [0.25, 0.3) is 0 Å². The first kappa shape index (κ1) is 40.3. The predicted octanol–water partition coefficient (Wildman–Crippen LogP) is 16.4. The second-order valence-electron chi connectivity index (χ2n) is 18.8. The van der Waals surface area contributed by atoms with Crippen molar-refractivity contribution >= 4 is 28.3 Å². The quantitative estimate of drug-likeness (QED) is 0.133. The van der Waals surface area contributed by atoms with Crippen LogP contribution < -0.4 is 4.90 Å². The van der Waals surface area contributed by atoms with Crippen LogP contribution in [0.15, 0.2) is 181 Å². The summed E-state index contributed by atoms with van der Waals surface area (Å²) in [7, 11) is 0. The zero-order chi connectivity index (χ0) is 43.5. The summed E-state index contributed by atoms with van der Waals surface area (Å²) in [4.78, 5) is 7.64. The number of fused-ring (bicyclic) bond motifs is 6. The molecule has 0 saturated heterocycles. The summed E-state index contributed by atoms with van der Waals surface area (Å²) in [5, 5.41) is 0. The van der Waals surface area contributed by atoms with E-state index in [-0.39, 0.29) is 10.8 Å². The average molecular weight is 817 g/mol. The molecule has 0 aliphatic heterocycles. The van der Waals surface area contributed by atoms with Crippen molar-refractivity contribution in [1.82, 2.24) is 0 Å². The zero-order valence-corrected chi connectivity index (χ0v) is 37.8. The van der Waals surface area contributed by atoms with Crippen LogP contribution in [-0.4, -0.2) is 5.71 Å². The maximum atomic E-state index is 5.31. The lowest BCUT2D eigenvalue weighted by atomic mass is 9.80. The molecule has 3 aliphatic rings. The van der Waals surface area contributed by atoms with Gasteiger partial charge in [0.05, 0.1) is 12.3 Å². The van der Waals surface area contributed by atoms with Gasteiger partial charge in [0.1, 0.15) is 0 Å². The highest BCUT2D eigenvalue weighted by atomic mass is 15.1. The lowest BCUT2D eigenvalue weighted by Gasteiger charge is -2.26. The molecule has 0 bridgehead atoms. The molecule has 0 unspecified atom stereocenters. The van der Waals surface area contributed by atoms with Crippen molar-refractivity contribution in [3.05, 3.63) is 226 Å². The fourth-order valence-corrected chi connectivity index (χ4v) is 10.2. The van der Waals surface area contributed by atoms with Crippen LogP contribution in [-0.2, 0) is 17.4 Å². The Morgan fingerprint density at radius 3 is 1.62 bits per heavy atom. The number of anilines is 3. The molecule has 310 valence electrons. The van der Waals surface area contributed by atoms with E-state index < -0.39 is 0 Å². The number of hydrogen-bond acceptors (Lipinski definition) is 2. The highest BCUT2D eigenvalue weighted by Gasteiger charge is 2.37. The summed E-state index contributed by atoms with van der Waals surface area (Å²) in [5.41, 5.74) is 25.2. The molecule has 10 rings (SSSR count). The summed E-state index contributed by atoms with van der Waals surface area (Å²) in [6.07, 6.45) is 13.2. The van der Waals surface area contributed by atoms with Crippen LogP contribution in [0.25, 0.3) is 39.0 Å². The van der Waals surface area contributed by atoms with Crippen molar-refractivity contribution in [3.8, 4) is 33.4 Å². The average Bonchev–Trinajstić information content (AvgIpc) is 3.67. The van der Waals surface area contributed by atoms with Crippen molar-refractivity contribution < 1.29 is 0 Å². The van der Waals surface area contributed by atoms with Gasteiger partial charge in [-0.2, -0.15) is 0 Å². The maximum absolute atomic E-state index is 5.31. The van der Waals surface area contributed by atoms with Crippen LogP contribution in [0.2, 0.25) is 0 Å². The van der Waals surface area contributed by atoms with Gasteiger partial charge < -0.3 is 4.90 Å². The van der Waals surface area contributed by atoms with Crippen LogP contribution >= 0.6 is 0 Å². The van der Waals surface area contributed by atoms with E-state index in [1.165, 1.54) is 83.5 Å². The molecule has 0 N–H and O–H groups in total. The molecule has 0 spiro atoms. The fraction of sp³-hybridized carbons (Fsp3) is 0.197. The van der Waals surface area contributed by atoms with Crippen LogP contribution in [0.4, 0.5) is 17.1 Å². The monoisotopic (exact) mass is 816 g/mol. The second kappa shape index (κ2) is 15.9. The first-order valence-corrected chi connectivity index (χ1v) is 22.6. The van der Waals surface area contributed by atoms with Crippen molar-refractivity contribution in [2.75, 3.05) is 4.90 Å². The van der Waals surface area contributed by atoms with Gasteiger partial charge in [0, 0.05) is 27.9 Å². The molecule has 0 fully saturated rings. The number of aryl methyl sites for hydroxylation is 2. The van der Waals surface area contributed by atoms with E-state index in [1.54, 1.807) is 0 Å². The van der Waals surface area contributed by atoms with Gasteiger partial charge in [-0.25, -0.2) is 0 Å². The first-order valence-electron chi connectivity index (χ1n) is 22.6. The number of hydrogen-bond donors (Lipinski definition) is 0. The third kappa shape index (κ3) is 7.22. The van der Waals surface area contributed by atoms with Crippen molar-refractivity contribution in [2.24, 2.45) is 4.99 Å². The number of allylic oxidation sites excluding steroid dienone is 6.